The van der Waals surface area contributed by atoms with E-state index in [1.807, 2.05) is 42.5 Å². The van der Waals surface area contributed by atoms with E-state index in [9.17, 15) is 23.2 Å². The highest BCUT2D eigenvalue weighted by molar-refractivity contribution is 5.91. The molecule has 0 unspecified atom stereocenters. The molecular formula is C33H36F2N4O6. The number of amides is 2. The number of hydrogen-bond donors (Lipinski definition) is 1. The Morgan fingerprint density at radius 1 is 1.09 bits per heavy atom. The monoisotopic (exact) mass is 622 g/mol. The third-order valence-electron chi connectivity index (χ3n) is 7.30. The second kappa shape index (κ2) is 13.4. The average molecular weight is 623 g/mol. The average Bonchev–Trinajstić information content (AvgIpc) is 3.45. The summed E-state index contributed by atoms with van der Waals surface area (Å²) >= 11 is 0. The summed E-state index contributed by atoms with van der Waals surface area (Å²) in [6.45, 7) is 10.6. The maximum absolute atomic E-state index is 13.9. The number of nitrogens with one attached hydrogen (secondary N) is 1. The van der Waals surface area contributed by atoms with Crippen LogP contribution in [0.2, 0.25) is 0 Å². The second-order valence-corrected chi connectivity index (χ2v) is 11.7. The van der Waals surface area contributed by atoms with E-state index in [0.717, 1.165) is 11.1 Å². The van der Waals surface area contributed by atoms with E-state index in [1.165, 1.54) is 12.0 Å². The minimum atomic E-state index is -3.44. The molecule has 1 saturated heterocycles. The van der Waals surface area contributed by atoms with Crippen LogP contribution >= 0.6 is 0 Å². The van der Waals surface area contributed by atoms with Crippen molar-refractivity contribution in [2.75, 3.05) is 20.3 Å². The standard InChI is InChI=1S/C33H36F2N4O6/c1-7-20-12-11-13-21(16-20)26-28(37-24-15-10-9-14-23(24)36-26)45-22-17-25(30(41)43-6)39(18-22)29(40)27(32(3,4)5)38-31(42)44-19-33(34,35)8-2/h7-16,22,25,27H,1-2,17-19H2,3-6H3,(H,38,42)/t22-,25+,27-/m1/s1. The molecule has 0 aliphatic carbocycles. The molecule has 2 amide bonds. The number of para-hydroxylation sites is 2. The zero-order valence-corrected chi connectivity index (χ0v) is 25.6. The van der Waals surface area contributed by atoms with E-state index >= 15 is 0 Å². The number of nitrogens with zero attached hydrogens (tertiary/aromatic N) is 3. The highest BCUT2D eigenvalue weighted by Crippen LogP contribution is 2.33. The first-order valence-corrected chi connectivity index (χ1v) is 14.3. The summed E-state index contributed by atoms with van der Waals surface area (Å²) in [6, 6.07) is 12.5. The van der Waals surface area contributed by atoms with Gasteiger partial charge >= 0.3 is 12.1 Å². The molecule has 0 radical (unpaired) electrons. The van der Waals surface area contributed by atoms with Crippen LogP contribution in [0.5, 0.6) is 5.88 Å². The van der Waals surface area contributed by atoms with Crippen LogP contribution in [-0.2, 0) is 19.1 Å². The maximum Gasteiger partial charge on any atom is 0.408 e. The van der Waals surface area contributed by atoms with Gasteiger partial charge in [0, 0.05) is 12.0 Å². The molecule has 3 aromatic rings. The number of ether oxygens (including phenoxy) is 3. The van der Waals surface area contributed by atoms with Crippen LogP contribution in [0, 0.1) is 5.41 Å². The second-order valence-electron chi connectivity index (χ2n) is 11.7. The van der Waals surface area contributed by atoms with E-state index < -0.39 is 54.1 Å². The number of alkyl carbamates (subject to hydrolysis) is 1. The lowest BCUT2D eigenvalue weighted by Gasteiger charge is -2.34. The molecule has 1 N–H and O–H groups in total. The first kappa shape index (κ1) is 33.0. The van der Waals surface area contributed by atoms with Crippen LogP contribution in [0.1, 0.15) is 32.8 Å². The van der Waals surface area contributed by atoms with Gasteiger partial charge in [0.05, 0.1) is 24.7 Å². The largest absolute Gasteiger partial charge is 0.471 e. The molecule has 0 spiro atoms. The molecule has 12 heteroatoms. The fraction of sp³-hybridized carbons (Fsp3) is 0.364. The predicted molar refractivity (Wildman–Crippen MR) is 164 cm³/mol. The van der Waals surface area contributed by atoms with Crippen molar-refractivity contribution < 1.29 is 37.4 Å². The van der Waals surface area contributed by atoms with Gasteiger partial charge in [0.15, 0.2) is 6.61 Å². The first-order chi connectivity index (χ1) is 21.3. The molecule has 0 bridgehead atoms. The van der Waals surface area contributed by atoms with Crippen LogP contribution in [0.3, 0.4) is 0 Å². The Bertz CT molecular complexity index is 1610. The molecule has 2 aromatic carbocycles. The number of carbonyl (C=O) groups is 3. The molecule has 1 aliphatic rings. The number of carbonyl (C=O) groups excluding carboxylic acids is 3. The van der Waals surface area contributed by atoms with Gasteiger partial charge in [-0.1, -0.05) is 70.3 Å². The third kappa shape index (κ3) is 7.81. The summed E-state index contributed by atoms with van der Waals surface area (Å²) in [5.41, 5.74) is 2.40. The van der Waals surface area contributed by atoms with Crippen LogP contribution in [-0.4, -0.2) is 77.2 Å². The molecular weight excluding hydrogens is 586 g/mol. The van der Waals surface area contributed by atoms with E-state index in [2.05, 4.69) is 23.2 Å². The van der Waals surface area contributed by atoms with Crippen molar-refractivity contribution in [3.05, 3.63) is 73.3 Å². The normalized spacial score (nSPS) is 17.3. The first-order valence-electron chi connectivity index (χ1n) is 14.3. The molecule has 0 saturated carbocycles. The Hall–Kier alpha value is -4.87. The van der Waals surface area contributed by atoms with Crippen LogP contribution in [0.4, 0.5) is 13.6 Å². The number of likely N-dealkylation sites (tertiary alicyclic amines) is 1. The molecule has 238 valence electrons. The molecule has 4 rings (SSSR count). The van der Waals surface area contributed by atoms with Gasteiger partial charge in [-0.3, -0.25) is 4.79 Å². The van der Waals surface area contributed by atoms with Gasteiger partial charge < -0.3 is 24.4 Å². The summed E-state index contributed by atoms with van der Waals surface area (Å²) in [7, 11) is 1.20. The zero-order valence-electron chi connectivity index (χ0n) is 25.6. The van der Waals surface area contributed by atoms with Crippen LogP contribution < -0.4 is 10.1 Å². The molecule has 1 aliphatic heterocycles. The van der Waals surface area contributed by atoms with Crippen molar-refractivity contribution >= 4 is 35.1 Å². The molecule has 45 heavy (non-hydrogen) atoms. The Balaban J connectivity index is 1.64. The molecule has 10 nitrogen and oxygen atoms in total. The number of rotatable bonds is 10. The number of fused-ring (bicyclic) bond motifs is 1. The van der Waals surface area contributed by atoms with Gasteiger partial charge in [-0.2, -0.15) is 8.78 Å². The Morgan fingerprint density at radius 2 is 1.78 bits per heavy atom. The molecule has 1 fully saturated rings. The number of hydrogen-bond acceptors (Lipinski definition) is 8. The maximum atomic E-state index is 13.9. The van der Waals surface area contributed by atoms with Crippen molar-refractivity contribution in [2.45, 2.75) is 51.3 Å². The fourth-order valence-corrected chi connectivity index (χ4v) is 4.91. The number of benzene rings is 2. The summed E-state index contributed by atoms with van der Waals surface area (Å²) in [6.07, 6.45) is 0.198. The van der Waals surface area contributed by atoms with E-state index in [1.54, 1.807) is 32.9 Å². The Labute approximate surface area is 260 Å². The van der Waals surface area contributed by atoms with Crippen LogP contribution in [0.15, 0.2) is 67.8 Å². The van der Waals surface area contributed by atoms with Gasteiger partial charge in [-0.05, 0) is 35.3 Å². The van der Waals surface area contributed by atoms with Crippen molar-refractivity contribution in [1.82, 2.24) is 20.2 Å². The number of methoxy groups -OCH3 is 1. The van der Waals surface area contributed by atoms with E-state index in [0.29, 0.717) is 22.8 Å². The lowest BCUT2D eigenvalue weighted by Crippen LogP contribution is -2.57. The summed E-state index contributed by atoms with van der Waals surface area (Å²) in [4.78, 5) is 50.1. The van der Waals surface area contributed by atoms with Gasteiger partial charge in [0.25, 0.3) is 5.92 Å². The van der Waals surface area contributed by atoms with Crippen molar-refractivity contribution in [3.63, 3.8) is 0 Å². The lowest BCUT2D eigenvalue weighted by atomic mass is 9.85. The fourth-order valence-electron chi connectivity index (χ4n) is 4.91. The molecule has 2 heterocycles. The summed E-state index contributed by atoms with van der Waals surface area (Å²) < 4.78 is 43.2. The summed E-state index contributed by atoms with van der Waals surface area (Å²) in [5, 5.41) is 2.39. The predicted octanol–water partition coefficient (Wildman–Crippen LogP) is 5.42. The highest BCUT2D eigenvalue weighted by Gasteiger charge is 2.46. The zero-order chi connectivity index (χ0) is 32.9. The lowest BCUT2D eigenvalue weighted by molar-refractivity contribution is -0.152. The van der Waals surface area contributed by atoms with Crippen LogP contribution in [0.25, 0.3) is 28.4 Å². The van der Waals surface area contributed by atoms with Gasteiger partial charge in [-0.15, -0.1) is 0 Å². The highest BCUT2D eigenvalue weighted by atomic mass is 19.3. The number of halogens is 2. The molecule has 1 aromatic heterocycles. The van der Waals surface area contributed by atoms with Gasteiger partial charge in [0.1, 0.15) is 23.9 Å². The number of alkyl halides is 2. The minimum Gasteiger partial charge on any atom is -0.471 e. The Kier molecular flexibility index (Phi) is 9.84. The van der Waals surface area contributed by atoms with E-state index in [4.69, 9.17) is 19.4 Å². The van der Waals surface area contributed by atoms with E-state index in [-0.39, 0.29) is 18.8 Å². The topological polar surface area (TPSA) is 120 Å². The van der Waals surface area contributed by atoms with Gasteiger partial charge in [0.2, 0.25) is 11.8 Å². The number of esters is 1. The van der Waals surface area contributed by atoms with Crippen molar-refractivity contribution in [2.24, 2.45) is 5.41 Å². The molecule has 3 atom stereocenters. The SMILES string of the molecule is C=Cc1cccc(-c2nc3ccccc3nc2O[C@@H]2C[C@@H](C(=O)OC)N(C(=O)[C@@H](NC(=O)OCC(F)(F)C=C)C(C)(C)C)C2)c1. The Morgan fingerprint density at radius 3 is 2.40 bits per heavy atom. The third-order valence-corrected chi connectivity index (χ3v) is 7.30. The van der Waals surface area contributed by atoms with Crippen molar-refractivity contribution in [3.8, 4) is 17.1 Å². The minimum absolute atomic E-state index is 0.0584. The summed E-state index contributed by atoms with van der Waals surface area (Å²) in [5.74, 6) is -4.56. The van der Waals surface area contributed by atoms with Gasteiger partial charge in [-0.25, -0.2) is 19.6 Å². The van der Waals surface area contributed by atoms with Crippen molar-refractivity contribution in [1.29, 1.82) is 0 Å². The number of aromatic nitrogens is 2. The smallest absolute Gasteiger partial charge is 0.408 e. The quantitative estimate of drug-likeness (QED) is 0.235.